The summed E-state index contributed by atoms with van der Waals surface area (Å²) < 4.78 is 5.56. The van der Waals surface area contributed by atoms with Crippen LogP contribution in [0.25, 0.3) is 5.57 Å². The predicted octanol–water partition coefficient (Wildman–Crippen LogP) is 5.34. The first-order chi connectivity index (χ1) is 11.6. The van der Waals surface area contributed by atoms with Gasteiger partial charge in [0.2, 0.25) is 0 Å². The summed E-state index contributed by atoms with van der Waals surface area (Å²) in [5.74, 6) is 0.533. The first kappa shape index (κ1) is 17.5. The van der Waals surface area contributed by atoms with Gasteiger partial charge in [0.1, 0.15) is 5.60 Å². The highest BCUT2D eigenvalue weighted by Crippen LogP contribution is 2.52. The lowest BCUT2D eigenvalue weighted by Crippen LogP contribution is -2.44. The van der Waals surface area contributed by atoms with E-state index in [0.717, 1.165) is 17.6 Å². The molecular weight excluding hydrogens is 310 g/mol. The van der Waals surface area contributed by atoms with Crippen LogP contribution < -0.4 is 5.73 Å². The summed E-state index contributed by atoms with van der Waals surface area (Å²) in [4.78, 5) is 11.4. The molecule has 0 fully saturated rings. The van der Waals surface area contributed by atoms with Gasteiger partial charge in [-0.05, 0) is 47.1 Å². The zero-order chi connectivity index (χ0) is 18.4. The third kappa shape index (κ3) is 2.92. The maximum absolute atomic E-state index is 11.4. The molecule has 1 aromatic carbocycles. The molecule has 1 atom stereocenters. The van der Waals surface area contributed by atoms with E-state index in [4.69, 9.17) is 10.5 Å². The molecule has 0 heterocycles. The van der Waals surface area contributed by atoms with E-state index in [1.807, 2.05) is 6.92 Å². The smallest absolute Gasteiger partial charge is 0.405 e. The normalized spacial score (nSPS) is 24.3. The van der Waals surface area contributed by atoms with Crippen LogP contribution in [0.1, 0.15) is 58.1 Å². The summed E-state index contributed by atoms with van der Waals surface area (Å²) in [5, 5.41) is 0. The monoisotopic (exact) mass is 337 g/mol. The molecule has 0 saturated heterocycles. The number of hydrogen-bond donors (Lipinski definition) is 1. The van der Waals surface area contributed by atoms with Crippen LogP contribution >= 0.6 is 0 Å². The second kappa shape index (κ2) is 5.91. The molecule has 3 nitrogen and oxygen atoms in total. The van der Waals surface area contributed by atoms with Crippen LogP contribution in [0.15, 0.2) is 53.6 Å². The summed E-state index contributed by atoms with van der Waals surface area (Å²) in [6.45, 7) is 10.5. The van der Waals surface area contributed by atoms with Gasteiger partial charge >= 0.3 is 6.09 Å². The van der Waals surface area contributed by atoms with Gasteiger partial charge in [-0.2, -0.15) is 0 Å². The van der Waals surface area contributed by atoms with Gasteiger partial charge in [-0.25, -0.2) is 4.79 Å². The number of benzene rings is 1. The van der Waals surface area contributed by atoms with E-state index in [9.17, 15) is 4.79 Å². The van der Waals surface area contributed by atoms with Crippen molar-refractivity contribution in [2.24, 2.45) is 11.1 Å². The largest absolute Gasteiger partial charge is 0.438 e. The zero-order valence-electron chi connectivity index (χ0n) is 15.7. The first-order valence-electron chi connectivity index (χ1n) is 8.87. The number of nitrogens with two attached hydrogens (primary N) is 1. The van der Waals surface area contributed by atoms with Gasteiger partial charge in [-0.15, -0.1) is 0 Å². The number of amides is 1. The lowest BCUT2D eigenvalue weighted by molar-refractivity contribution is 0.00172. The third-order valence-corrected chi connectivity index (χ3v) is 5.68. The molecule has 0 radical (unpaired) electrons. The Hall–Kier alpha value is -2.29. The second-order valence-electron chi connectivity index (χ2n) is 8.04. The van der Waals surface area contributed by atoms with Crippen molar-refractivity contribution in [3.05, 3.63) is 64.8 Å². The topological polar surface area (TPSA) is 52.3 Å². The highest BCUT2D eigenvalue weighted by Gasteiger charge is 2.51. The molecule has 0 aliphatic heterocycles. The summed E-state index contributed by atoms with van der Waals surface area (Å²) >= 11 is 0. The zero-order valence-corrected chi connectivity index (χ0v) is 15.7. The van der Waals surface area contributed by atoms with Crippen molar-refractivity contribution in [3.8, 4) is 0 Å². The fourth-order valence-electron chi connectivity index (χ4n) is 3.79. The molecule has 2 aliphatic carbocycles. The minimum atomic E-state index is -0.731. The van der Waals surface area contributed by atoms with Gasteiger partial charge in [0.15, 0.2) is 0 Å². The highest BCUT2D eigenvalue weighted by molar-refractivity contribution is 5.77. The lowest BCUT2D eigenvalue weighted by Gasteiger charge is -2.38. The molecule has 2 N–H and O–H groups in total. The summed E-state index contributed by atoms with van der Waals surface area (Å²) in [7, 11) is 0. The highest BCUT2D eigenvalue weighted by atomic mass is 16.6. The van der Waals surface area contributed by atoms with Crippen LogP contribution in [-0.2, 0) is 4.74 Å². The average molecular weight is 337 g/mol. The average Bonchev–Trinajstić information content (AvgIpc) is 2.72. The van der Waals surface area contributed by atoms with Crippen molar-refractivity contribution < 1.29 is 9.53 Å². The number of rotatable bonds is 3. The lowest BCUT2D eigenvalue weighted by atomic mass is 9.75. The fraction of sp³-hybridized carbons (Fsp3) is 0.409. The maximum Gasteiger partial charge on any atom is 0.405 e. The molecule has 2 aliphatic rings. The maximum atomic E-state index is 11.4. The molecule has 0 aromatic heterocycles. The number of allylic oxidation sites excluding steroid dienone is 3. The van der Waals surface area contributed by atoms with Crippen LogP contribution in [0.3, 0.4) is 0 Å². The molecule has 25 heavy (non-hydrogen) atoms. The number of ether oxygens (including phenoxy) is 1. The molecule has 0 spiro atoms. The molecule has 1 amide bonds. The Morgan fingerprint density at radius 1 is 1.16 bits per heavy atom. The van der Waals surface area contributed by atoms with Crippen molar-refractivity contribution in [1.29, 1.82) is 0 Å². The van der Waals surface area contributed by atoms with Gasteiger partial charge < -0.3 is 10.5 Å². The van der Waals surface area contributed by atoms with Crippen LogP contribution in [-0.4, -0.2) is 11.7 Å². The molecular formula is C22H27NO2. The fourth-order valence-corrected chi connectivity index (χ4v) is 3.79. The van der Waals surface area contributed by atoms with Crippen LogP contribution in [0.4, 0.5) is 4.79 Å². The molecule has 132 valence electrons. The Morgan fingerprint density at radius 2 is 1.80 bits per heavy atom. The summed E-state index contributed by atoms with van der Waals surface area (Å²) in [6, 6.07) is 8.79. The van der Waals surface area contributed by atoms with E-state index >= 15 is 0 Å². The van der Waals surface area contributed by atoms with Crippen molar-refractivity contribution in [2.45, 2.75) is 52.6 Å². The number of carbonyl (C=O) groups excluding carboxylic acids is 1. The minimum absolute atomic E-state index is 0.309. The van der Waals surface area contributed by atoms with Crippen molar-refractivity contribution in [3.63, 3.8) is 0 Å². The minimum Gasteiger partial charge on any atom is -0.438 e. The van der Waals surface area contributed by atoms with Crippen molar-refractivity contribution in [2.75, 3.05) is 0 Å². The Kier molecular flexibility index (Phi) is 4.14. The van der Waals surface area contributed by atoms with E-state index in [1.54, 1.807) is 0 Å². The van der Waals surface area contributed by atoms with Gasteiger partial charge in [0, 0.05) is 5.41 Å². The van der Waals surface area contributed by atoms with E-state index in [1.165, 1.54) is 16.7 Å². The number of carbonyl (C=O) groups is 1. The Labute approximate surface area is 150 Å². The van der Waals surface area contributed by atoms with Crippen LogP contribution in [0, 0.1) is 5.41 Å². The Bertz CT molecular complexity index is 794. The van der Waals surface area contributed by atoms with Crippen LogP contribution in [0.5, 0.6) is 0 Å². The SMILES string of the molecule is CC(C)c1ccc(C2=CC3=CC(C)(C)[C@@](C)(OC(N)=O)C3=CC2)cc1. The summed E-state index contributed by atoms with van der Waals surface area (Å²) in [6.07, 6.45) is 6.67. The summed E-state index contributed by atoms with van der Waals surface area (Å²) in [5.41, 5.74) is 10.3. The quantitative estimate of drug-likeness (QED) is 0.809. The number of hydrogen-bond acceptors (Lipinski definition) is 2. The van der Waals surface area contributed by atoms with Crippen molar-refractivity contribution >= 4 is 11.7 Å². The molecule has 3 heteroatoms. The van der Waals surface area contributed by atoms with Crippen LogP contribution in [0.2, 0.25) is 0 Å². The number of primary amides is 1. The first-order valence-corrected chi connectivity index (χ1v) is 8.87. The Morgan fingerprint density at radius 3 is 2.36 bits per heavy atom. The second-order valence-corrected chi connectivity index (χ2v) is 8.04. The van der Waals surface area contributed by atoms with E-state index < -0.39 is 11.7 Å². The molecule has 0 unspecified atom stereocenters. The van der Waals surface area contributed by atoms with Gasteiger partial charge in [-0.3, -0.25) is 0 Å². The molecule has 1 aromatic rings. The Balaban J connectivity index is 1.93. The predicted molar refractivity (Wildman–Crippen MR) is 102 cm³/mol. The third-order valence-electron chi connectivity index (χ3n) is 5.68. The van der Waals surface area contributed by atoms with E-state index in [0.29, 0.717) is 5.92 Å². The number of fused-ring (bicyclic) bond motifs is 1. The molecule has 0 bridgehead atoms. The molecule has 3 rings (SSSR count). The molecule has 0 saturated carbocycles. The van der Waals surface area contributed by atoms with Crippen molar-refractivity contribution in [1.82, 2.24) is 0 Å². The van der Waals surface area contributed by atoms with E-state index in [-0.39, 0.29) is 5.41 Å². The van der Waals surface area contributed by atoms with Gasteiger partial charge in [0.05, 0.1) is 0 Å². The van der Waals surface area contributed by atoms with Gasteiger partial charge in [0.25, 0.3) is 0 Å². The van der Waals surface area contributed by atoms with Gasteiger partial charge in [-0.1, -0.05) is 70.2 Å². The standard InChI is InChI=1S/C22H27NO2/c1-14(2)15-6-8-16(9-7-15)17-10-11-19-18(12-17)13-21(3,4)22(19,5)25-20(23)24/h6-9,11-14H,10H2,1-5H3,(H2,23,24)/t22-/m0/s1. The van der Waals surface area contributed by atoms with E-state index in [2.05, 4.69) is 70.2 Å².